The SMILES string of the molecule is NCC1(C(=O)N(Cc2ccccc2)C2CC2)CCC1. The van der Waals surface area contributed by atoms with Gasteiger partial charge in [0.25, 0.3) is 0 Å². The van der Waals surface area contributed by atoms with E-state index in [0.717, 1.165) is 38.6 Å². The summed E-state index contributed by atoms with van der Waals surface area (Å²) in [5.41, 5.74) is 6.85. The summed E-state index contributed by atoms with van der Waals surface area (Å²) < 4.78 is 0. The second kappa shape index (κ2) is 4.97. The molecule has 3 nitrogen and oxygen atoms in total. The van der Waals surface area contributed by atoms with Crippen LogP contribution >= 0.6 is 0 Å². The summed E-state index contributed by atoms with van der Waals surface area (Å²) in [7, 11) is 0. The van der Waals surface area contributed by atoms with Crippen LogP contribution in [0.25, 0.3) is 0 Å². The number of rotatable bonds is 5. The van der Waals surface area contributed by atoms with Gasteiger partial charge in [0.05, 0.1) is 5.41 Å². The zero-order valence-electron chi connectivity index (χ0n) is 11.3. The Morgan fingerprint density at radius 1 is 1.26 bits per heavy atom. The third-order valence-corrected chi connectivity index (χ3v) is 4.60. The van der Waals surface area contributed by atoms with Crippen molar-refractivity contribution in [1.29, 1.82) is 0 Å². The van der Waals surface area contributed by atoms with Gasteiger partial charge in [0, 0.05) is 19.1 Å². The highest BCUT2D eigenvalue weighted by molar-refractivity contribution is 5.84. The number of carbonyl (C=O) groups is 1. The van der Waals surface area contributed by atoms with E-state index < -0.39 is 0 Å². The topological polar surface area (TPSA) is 46.3 Å². The monoisotopic (exact) mass is 258 g/mol. The van der Waals surface area contributed by atoms with Gasteiger partial charge in [0.2, 0.25) is 5.91 Å². The number of carbonyl (C=O) groups excluding carboxylic acids is 1. The largest absolute Gasteiger partial charge is 0.335 e. The van der Waals surface area contributed by atoms with Crippen LogP contribution in [0.2, 0.25) is 0 Å². The van der Waals surface area contributed by atoms with Gasteiger partial charge in [-0.05, 0) is 31.2 Å². The second-order valence-corrected chi connectivity index (χ2v) is 5.99. The Kier molecular flexibility index (Phi) is 3.31. The predicted octanol–water partition coefficient (Wildman–Crippen LogP) is 2.31. The normalized spacial score (nSPS) is 20.7. The molecule has 102 valence electrons. The third-order valence-electron chi connectivity index (χ3n) is 4.60. The predicted molar refractivity (Wildman–Crippen MR) is 75.4 cm³/mol. The third kappa shape index (κ3) is 2.39. The first-order valence-electron chi connectivity index (χ1n) is 7.30. The van der Waals surface area contributed by atoms with Crippen LogP contribution in [0.1, 0.15) is 37.7 Å². The highest BCUT2D eigenvalue weighted by Crippen LogP contribution is 2.44. The van der Waals surface area contributed by atoms with Crippen molar-refractivity contribution in [3.8, 4) is 0 Å². The van der Waals surface area contributed by atoms with Crippen molar-refractivity contribution in [2.24, 2.45) is 11.1 Å². The number of hydrogen-bond acceptors (Lipinski definition) is 2. The molecule has 0 aliphatic heterocycles. The highest BCUT2D eigenvalue weighted by Gasteiger charge is 2.47. The Labute approximate surface area is 114 Å². The highest BCUT2D eigenvalue weighted by atomic mass is 16.2. The summed E-state index contributed by atoms with van der Waals surface area (Å²) in [5, 5.41) is 0. The van der Waals surface area contributed by atoms with Crippen molar-refractivity contribution in [3.05, 3.63) is 35.9 Å². The summed E-state index contributed by atoms with van der Waals surface area (Å²) in [4.78, 5) is 14.9. The zero-order valence-corrected chi connectivity index (χ0v) is 11.3. The van der Waals surface area contributed by atoms with E-state index in [2.05, 4.69) is 17.0 Å². The Hall–Kier alpha value is -1.35. The van der Waals surface area contributed by atoms with Crippen LogP contribution in [0.5, 0.6) is 0 Å². The van der Waals surface area contributed by atoms with Crippen molar-refractivity contribution >= 4 is 5.91 Å². The number of nitrogens with two attached hydrogens (primary N) is 1. The minimum Gasteiger partial charge on any atom is -0.335 e. The van der Waals surface area contributed by atoms with Crippen molar-refractivity contribution in [3.63, 3.8) is 0 Å². The summed E-state index contributed by atoms with van der Waals surface area (Å²) in [6, 6.07) is 10.7. The van der Waals surface area contributed by atoms with E-state index in [4.69, 9.17) is 5.73 Å². The zero-order chi connectivity index (χ0) is 13.3. The van der Waals surface area contributed by atoms with Crippen LogP contribution in [0, 0.1) is 5.41 Å². The number of amides is 1. The molecular weight excluding hydrogens is 236 g/mol. The first kappa shape index (κ1) is 12.7. The molecular formula is C16H22N2O. The smallest absolute Gasteiger partial charge is 0.230 e. The second-order valence-electron chi connectivity index (χ2n) is 5.99. The van der Waals surface area contributed by atoms with Crippen molar-refractivity contribution < 1.29 is 4.79 Å². The Morgan fingerprint density at radius 2 is 1.95 bits per heavy atom. The molecule has 2 N–H and O–H groups in total. The average Bonchev–Trinajstić information content (AvgIpc) is 3.21. The summed E-state index contributed by atoms with van der Waals surface area (Å²) in [6.07, 6.45) is 5.39. The van der Waals surface area contributed by atoms with E-state index in [1.807, 2.05) is 18.2 Å². The molecule has 0 saturated heterocycles. The van der Waals surface area contributed by atoms with Crippen LogP contribution in [0.4, 0.5) is 0 Å². The lowest BCUT2D eigenvalue weighted by Crippen LogP contribution is -2.52. The fourth-order valence-electron chi connectivity index (χ4n) is 2.95. The lowest BCUT2D eigenvalue weighted by atomic mass is 9.67. The standard InChI is InChI=1S/C16H22N2O/c17-12-16(9-4-10-16)15(19)18(14-7-8-14)11-13-5-2-1-3-6-13/h1-3,5-6,14H,4,7-12,17H2. The van der Waals surface area contributed by atoms with E-state index in [1.54, 1.807) is 0 Å². The Morgan fingerprint density at radius 3 is 2.42 bits per heavy atom. The molecule has 19 heavy (non-hydrogen) atoms. The fraction of sp³-hybridized carbons (Fsp3) is 0.562. The van der Waals surface area contributed by atoms with E-state index in [1.165, 1.54) is 5.56 Å². The molecule has 0 unspecified atom stereocenters. The van der Waals surface area contributed by atoms with Crippen LogP contribution in [-0.4, -0.2) is 23.4 Å². The first-order valence-corrected chi connectivity index (χ1v) is 7.30. The molecule has 2 aliphatic carbocycles. The molecule has 1 aromatic rings. The van der Waals surface area contributed by atoms with Gasteiger partial charge in [-0.1, -0.05) is 36.8 Å². The van der Waals surface area contributed by atoms with Crippen LogP contribution in [-0.2, 0) is 11.3 Å². The molecule has 2 aliphatic rings. The van der Waals surface area contributed by atoms with Crippen molar-refractivity contribution in [1.82, 2.24) is 4.90 Å². The van der Waals surface area contributed by atoms with Gasteiger partial charge < -0.3 is 10.6 Å². The summed E-state index contributed by atoms with van der Waals surface area (Å²) >= 11 is 0. The van der Waals surface area contributed by atoms with E-state index in [9.17, 15) is 4.79 Å². The van der Waals surface area contributed by atoms with Gasteiger partial charge >= 0.3 is 0 Å². The van der Waals surface area contributed by atoms with Gasteiger partial charge in [-0.3, -0.25) is 4.79 Å². The molecule has 0 bridgehead atoms. The van der Waals surface area contributed by atoms with E-state index in [0.29, 0.717) is 18.5 Å². The Bertz CT molecular complexity index is 444. The molecule has 0 radical (unpaired) electrons. The summed E-state index contributed by atoms with van der Waals surface area (Å²) in [5.74, 6) is 0.299. The number of benzene rings is 1. The van der Waals surface area contributed by atoms with Gasteiger partial charge in [-0.25, -0.2) is 0 Å². The Balaban J connectivity index is 1.76. The fourth-order valence-corrected chi connectivity index (χ4v) is 2.95. The maximum absolute atomic E-state index is 12.8. The lowest BCUT2D eigenvalue weighted by Gasteiger charge is -2.43. The van der Waals surface area contributed by atoms with Gasteiger partial charge in [0.1, 0.15) is 0 Å². The molecule has 0 spiro atoms. The molecule has 0 heterocycles. The average molecular weight is 258 g/mol. The van der Waals surface area contributed by atoms with Crippen LogP contribution in [0.15, 0.2) is 30.3 Å². The van der Waals surface area contributed by atoms with Gasteiger partial charge in [0.15, 0.2) is 0 Å². The molecule has 0 atom stereocenters. The van der Waals surface area contributed by atoms with Gasteiger partial charge in [-0.15, -0.1) is 0 Å². The van der Waals surface area contributed by atoms with E-state index in [-0.39, 0.29) is 5.41 Å². The minimum absolute atomic E-state index is 0.239. The first-order chi connectivity index (χ1) is 9.25. The molecule has 0 aromatic heterocycles. The number of hydrogen-bond donors (Lipinski definition) is 1. The quantitative estimate of drug-likeness (QED) is 0.881. The van der Waals surface area contributed by atoms with Gasteiger partial charge in [-0.2, -0.15) is 0 Å². The minimum atomic E-state index is -0.239. The molecule has 3 heteroatoms. The molecule has 1 aromatic carbocycles. The van der Waals surface area contributed by atoms with Crippen LogP contribution < -0.4 is 5.73 Å². The molecule has 3 rings (SSSR count). The lowest BCUT2D eigenvalue weighted by molar-refractivity contribution is -0.148. The molecule has 2 saturated carbocycles. The summed E-state index contributed by atoms with van der Waals surface area (Å²) in [6.45, 7) is 1.25. The number of nitrogens with zero attached hydrogens (tertiary/aromatic N) is 1. The maximum atomic E-state index is 12.8. The molecule has 2 fully saturated rings. The van der Waals surface area contributed by atoms with Crippen molar-refractivity contribution in [2.75, 3.05) is 6.54 Å². The maximum Gasteiger partial charge on any atom is 0.230 e. The molecule has 1 amide bonds. The van der Waals surface area contributed by atoms with Crippen LogP contribution in [0.3, 0.4) is 0 Å². The van der Waals surface area contributed by atoms with Crippen molar-refractivity contribution in [2.45, 2.75) is 44.7 Å². The van der Waals surface area contributed by atoms with E-state index >= 15 is 0 Å².